The monoisotopic (exact) mass is 367 g/mol. The van der Waals surface area contributed by atoms with E-state index in [-0.39, 0.29) is 23.3 Å². The number of hydrogen-bond donors (Lipinski definition) is 3. The number of fused-ring (bicyclic) bond motifs is 1. The lowest BCUT2D eigenvalue weighted by molar-refractivity contribution is -0.119. The van der Waals surface area contributed by atoms with Crippen LogP contribution >= 0.6 is 11.6 Å². The van der Waals surface area contributed by atoms with Gasteiger partial charge in [0.2, 0.25) is 5.91 Å². The summed E-state index contributed by atoms with van der Waals surface area (Å²) < 4.78 is 0. The van der Waals surface area contributed by atoms with Crippen molar-refractivity contribution in [3.63, 3.8) is 0 Å². The average molecular weight is 368 g/mol. The van der Waals surface area contributed by atoms with Crippen LogP contribution < -0.4 is 16.2 Å². The van der Waals surface area contributed by atoms with Gasteiger partial charge in [-0.25, -0.2) is 0 Å². The Hall–Kier alpha value is -2.63. The van der Waals surface area contributed by atoms with Gasteiger partial charge in [0.15, 0.2) is 0 Å². The van der Waals surface area contributed by atoms with E-state index in [0.717, 1.165) is 12.1 Å². The van der Waals surface area contributed by atoms with Gasteiger partial charge in [0, 0.05) is 36.0 Å². The number of anilines is 1. The Morgan fingerprint density at radius 3 is 2.65 bits per heavy atom. The van der Waals surface area contributed by atoms with Crippen molar-refractivity contribution in [3.05, 3.63) is 75.7 Å². The zero-order chi connectivity index (χ0) is 18.1. The summed E-state index contributed by atoms with van der Waals surface area (Å²) in [5.41, 5.74) is 1.47. The topological polar surface area (TPSA) is 74.0 Å². The fraction of sp³-hybridized carbons (Fsp3) is 0.200. The molecular weight excluding hydrogens is 350 g/mol. The molecule has 0 spiro atoms. The van der Waals surface area contributed by atoms with Gasteiger partial charge in [0.05, 0.1) is 16.6 Å². The molecule has 0 radical (unpaired) electrons. The fourth-order valence-corrected chi connectivity index (χ4v) is 3.83. The number of halogens is 1. The summed E-state index contributed by atoms with van der Waals surface area (Å²) in [4.78, 5) is 27.4. The van der Waals surface area contributed by atoms with Crippen LogP contribution in [0.15, 0.2) is 59.5 Å². The quantitative estimate of drug-likeness (QED) is 0.666. The molecule has 5 nitrogen and oxygen atoms in total. The first kappa shape index (κ1) is 16.8. The fourth-order valence-electron chi connectivity index (χ4n) is 3.56. The molecule has 26 heavy (non-hydrogen) atoms. The molecule has 2 heterocycles. The van der Waals surface area contributed by atoms with Gasteiger partial charge < -0.3 is 15.6 Å². The first-order chi connectivity index (χ1) is 12.6. The highest BCUT2D eigenvalue weighted by Gasteiger charge is 2.34. The summed E-state index contributed by atoms with van der Waals surface area (Å²) in [6.07, 6.45) is 1.55. The van der Waals surface area contributed by atoms with Crippen LogP contribution in [-0.4, -0.2) is 24.0 Å². The number of H-pyrrole nitrogens is 1. The van der Waals surface area contributed by atoms with E-state index in [1.54, 1.807) is 24.4 Å². The molecule has 6 heteroatoms. The van der Waals surface area contributed by atoms with Crippen LogP contribution in [0, 0.1) is 5.92 Å². The standard InChI is InChI=1S/C20H18ClN3O2/c21-18-13-8-9-23-19(25)14(13)6-7-17(18)24-20(26)16-11-22-10-15(16)12-4-2-1-3-5-12/h1-9,15-16,22H,10-11H2,(H,23,25)(H,24,26)/t15-,16+/m1/s1. The molecule has 4 rings (SSSR count). The summed E-state index contributed by atoms with van der Waals surface area (Å²) >= 11 is 6.43. The lowest BCUT2D eigenvalue weighted by Gasteiger charge is -2.19. The zero-order valence-corrected chi connectivity index (χ0v) is 14.7. The van der Waals surface area contributed by atoms with Crippen LogP contribution in [-0.2, 0) is 4.79 Å². The Morgan fingerprint density at radius 2 is 1.85 bits per heavy atom. The van der Waals surface area contributed by atoms with Crippen molar-refractivity contribution in [1.29, 1.82) is 0 Å². The largest absolute Gasteiger partial charge is 0.329 e. The maximum atomic E-state index is 12.9. The third-order valence-corrected chi connectivity index (χ3v) is 5.33. The number of aromatic nitrogens is 1. The van der Waals surface area contributed by atoms with Crippen LogP contribution in [0.25, 0.3) is 10.8 Å². The molecule has 132 valence electrons. The van der Waals surface area contributed by atoms with E-state index < -0.39 is 0 Å². The number of rotatable bonds is 3. The molecule has 2 atom stereocenters. The van der Waals surface area contributed by atoms with Crippen LogP contribution in [0.5, 0.6) is 0 Å². The second-order valence-electron chi connectivity index (χ2n) is 6.47. The average Bonchev–Trinajstić information content (AvgIpc) is 3.15. The van der Waals surface area contributed by atoms with Crippen molar-refractivity contribution in [1.82, 2.24) is 10.3 Å². The Kier molecular flexibility index (Phi) is 4.49. The van der Waals surface area contributed by atoms with Crippen LogP contribution in [0.1, 0.15) is 11.5 Å². The smallest absolute Gasteiger partial charge is 0.255 e. The van der Waals surface area contributed by atoms with Gasteiger partial charge >= 0.3 is 0 Å². The number of amides is 1. The maximum Gasteiger partial charge on any atom is 0.255 e. The third-order valence-electron chi connectivity index (χ3n) is 4.93. The number of pyridine rings is 1. The van der Waals surface area contributed by atoms with Crippen molar-refractivity contribution < 1.29 is 4.79 Å². The molecule has 0 aliphatic carbocycles. The Labute approximate surface area is 155 Å². The van der Waals surface area contributed by atoms with E-state index in [0.29, 0.717) is 28.0 Å². The summed E-state index contributed by atoms with van der Waals surface area (Å²) in [7, 11) is 0. The number of aromatic amines is 1. The van der Waals surface area contributed by atoms with Crippen molar-refractivity contribution in [2.24, 2.45) is 5.92 Å². The number of nitrogens with one attached hydrogen (secondary N) is 3. The minimum atomic E-state index is -0.202. The van der Waals surface area contributed by atoms with E-state index >= 15 is 0 Å². The van der Waals surface area contributed by atoms with Crippen LogP contribution in [0.3, 0.4) is 0 Å². The van der Waals surface area contributed by atoms with Crippen LogP contribution in [0.4, 0.5) is 5.69 Å². The van der Waals surface area contributed by atoms with E-state index in [2.05, 4.69) is 15.6 Å². The van der Waals surface area contributed by atoms with Gasteiger partial charge in [-0.3, -0.25) is 9.59 Å². The molecule has 1 amide bonds. The molecule has 1 saturated heterocycles. The number of benzene rings is 2. The zero-order valence-electron chi connectivity index (χ0n) is 14.0. The summed E-state index contributed by atoms with van der Waals surface area (Å²) in [6.45, 7) is 1.39. The van der Waals surface area contributed by atoms with Crippen LogP contribution in [0.2, 0.25) is 5.02 Å². The lowest BCUT2D eigenvalue weighted by atomic mass is 9.88. The van der Waals surface area contributed by atoms with Crippen molar-refractivity contribution in [2.45, 2.75) is 5.92 Å². The van der Waals surface area contributed by atoms with E-state index in [1.807, 2.05) is 30.3 Å². The Balaban J connectivity index is 1.61. The molecule has 1 aliphatic rings. The predicted octanol–water partition coefficient (Wildman–Crippen LogP) is 3.12. The van der Waals surface area contributed by atoms with Gasteiger partial charge in [-0.05, 0) is 23.8 Å². The molecule has 0 unspecified atom stereocenters. The summed E-state index contributed by atoms with van der Waals surface area (Å²) in [6, 6.07) is 15.1. The normalized spacial score (nSPS) is 19.6. The van der Waals surface area contributed by atoms with E-state index in [4.69, 9.17) is 11.6 Å². The summed E-state index contributed by atoms with van der Waals surface area (Å²) in [5.74, 6) is -0.128. The highest BCUT2D eigenvalue weighted by Crippen LogP contribution is 2.32. The Bertz CT molecular complexity index is 1020. The highest BCUT2D eigenvalue weighted by atomic mass is 35.5. The Morgan fingerprint density at radius 1 is 1.04 bits per heavy atom. The second kappa shape index (κ2) is 6.94. The number of carbonyl (C=O) groups excluding carboxylic acids is 1. The number of hydrogen-bond acceptors (Lipinski definition) is 3. The summed E-state index contributed by atoms with van der Waals surface area (Å²) in [5, 5.41) is 7.74. The predicted molar refractivity (Wildman–Crippen MR) is 104 cm³/mol. The van der Waals surface area contributed by atoms with Crippen molar-refractivity contribution in [2.75, 3.05) is 18.4 Å². The molecule has 3 N–H and O–H groups in total. The molecule has 1 aliphatic heterocycles. The first-order valence-electron chi connectivity index (χ1n) is 8.51. The molecule has 2 aromatic carbocycles. The number of carbonyl (C=O) groups is 1. The van der Waals surface area contributed by atoms with Gasteiger partial charge in [0.25, 0.3) is 5.56 Å². The maximum absolute atomic E-state index is 12.9. The molecule has 1 fully saturated rings. The lowest BCUT2D eigenvalue weighted by Crippen LogP contribution is -2.28. The SMILES string of the molecule is O=C(Nc1ccc2c(=O)[nH]ccc2c1Cl)[C@H]1CNC[C@@H]1c1ccccc1. The van der Waals surface area contributed by atoms with Crippen molar-refractivity contribution >= 4 is 34.0 Å². The molecular formula is C20H18ClN3O2. The first-order valence-corrected chi connectivity index (χ1v) is 8.89. The van der Waals surface area contributed by atoms with Crippen molar-refractivity contribution in [3.8, 4) is 0 Å². The highest BCUT2D eigenvalue weighted by molar-refractivity contribution is 6.38. The molecule has 1 aromatic heterocycles. The van der Waals surface area contributed by atoms with Gasteiger partial charge in [0.1, 0.15) is 0 Å². The molecule has 0 saturated carbocycles. The second-order valence-corrected chi connectivity index (χ2v) is 6.84. The van der Waals surface area contributed by atoms with Gasteiger partial charge in [-0.15, -0.1) is 0 Å². The minimum Gasteiger partial charge on any atom is -0.329 e. The van der Waals surface area contributed by atoms with Gasteiger partial charge in [-0.2, -0.15) is 0 Å². The third kappa shape index (κ3) is 3.00. The van der Waals surface area contributed by atoms with Gasteiger partial charge in [-0.1, -0.05) is 41.9 Å². The molecule has 3 aromatic rings. The minimum absolute atomic E-state index is 0.0741. The van der Waals surface area contributed by atoms with E-state index in [9.17, 15) is 9.59 Å². The molecule has 0 bridgehead atoms. The van der Waals surface area contributed by atoms with E-state index in [1.165, 1.54) is 0 Å².